The zero-order valence-corrected chi connectivity index (χ0v) is 28.5. The first-order valence-corrected chi connectivity index (χ1v) is 16.1. The molecule has 236 valence electrons. The number of allylic oxidation sites excluding steroid dienone is 5. The van der Waals surface area contributed by atoms with Crippen molar-refractivity contribution in [1.29, 1.82) is 0 Å². The van der Waals surface area contributed by atoms with Crippen molar-refractivity contribution >= 4 is 5.91 Å². The van der Waals surface area contributed by atoms with Crippen LogP contribution in [0, 0.1) is 5.92 Å². The number of amides is 1. The van der Waals surface area contributed by atoms with Crippen molar-refractivity contribution in [3.05, 3.63) is 70.0 Å². The van der Waals surface area contributed by atoms with Gasteiger partial charge in [0.15, 0.2) is 0 Å². The Balaban J connectivity index is 1.67. The molecule has 0 N–H and O–H groups in total. The smallest absolute Gasteiger partial charge is 0.223 e. The maximum Gasteiger partial charge on any atom is 0.223 e. The molecule has 2 aliphatic heterocycles. The first-order valence-electron chi connectivity index (χ1n) is 16.1. The van der Waals surface area contributed by atoms with Crippen LogP contribution in [0.3, 0.4) is 0 Å². The highest BCUT2D eigenvalue weighted by molar-refractivity contribution is 5.78. The summed E-state index contributed by atoms with van der Waals surface area (Å²) in [6.45, 7) is 17.0. The molecule has 1 amide bonds. The number of hydrogen-bond acceptors (Lipinski definition) is 5. The molecule has 3 aliphatic rings. The molecular weight excluding hydrogens is 534 g/mol. The van der Waals surface area contributed by atoms with Crippen LogP contribution in [0.5, 0.6) is 11.5 Å². The summed E-state index contributed by atoms with van der Waals surface area (Å²) in [4.78, 5) is 21.1. The summed E-state index contributed by atoms with van der Waals surface area (Å²) in [6.07, 6.45) is 13.5. The van der Waals surface area contributed by atoms with E-state index in [0.29, 0.717) is 25.3 Å². The first kappa shape index (κ1) is 32.9. The Bertz CT molecular complexity index is 1310. The van der Waals surface area contributed by atoms with Crippen LogP contribution in [0.2, 0.25) is 0 Å². The monoisotopic (exact) mass is 589 g/mol. The summed E-state index contributed by atoms with van der Waals surface area (Å²) in [5, 5.41) is 0. The Morgan fingerprint density at radius 1 is 1.12 bits per heavy atom. The van der Waals surface area contributed by atoms with E-state index in [1.165, 1.54) is 22.4 Å². The van der Waals surface area contributed by atoms with E-state index in [4.69, 9.17) is 9.47 Å². The molecule has 1 spiro atoms. The molecule has 1 aromatic carbocycles. The number of benzene rings is 1. The Kier molecular flexibility index (Phi) is 10.2. The highest BCUT2D eigenvalue weighted by Gasteiger charge is 2.44. The molecule has 6 heteroatoms. The zero-order chi connectivity index (χ0) is 31.5. The number of aryl methyl sites for hydroxylation is 1. The molecule has 1 aliphatic carbocycles. The lowest BCUT2D eigenvalue weighted by Crippen LogP contribution is -2.58. The summed E-state index contributed by atoms with van der Waals surface area (Å²) >= 11 is 0. The summed E-state index contributed by atoms with van der Waals surface area (Å²) in [5.41, 5.74) is 7.17. The van der Waals surface area contributed by atoms with Gasteiger partial charge in [-0.05, 0) is 75.1 Å². The first-order chi connectivity index (χ1) is 20.4. The normalized spacial score (nSPS) is 24.0. The van der Waals surface area contributed by atoms with E-state index in [1.807, 2.05) is 6.07 Å². The number of carbonyl (C=O) groups excluding carboxylic acids is 1. The largest absolute Gasteiger partial charge is 0.497 e. The highest BCUT2D eigenvalue weighted by Crippen LogP contribution is 2.44. The number of likely N-dealkylation sites (tertiary alicyclic amines) is 1. The highest BCUT2D eigenvalue weighted by atomic mass is 16.5. The second-order valence-corrected chi connectivity index (χ2v) is 13.5. The number of carbonyl (C=O) groups is 1. The minimum Gasteiger partial charge on any atom is -0.497 e. The van der Waals surface area contributed by atoms with E-state index in [9.17, 15) is 4.79 Å². The quantitative estimate of drug-likeness (QED) is 0.323. The van der Waals surface area contributed by atoms with Gasteiger partial charge >= 0.3 is 0 Å². The van der Waals surface area contributed by atoms with Crippen LogP contribution in [0.1, 0.15) is 78.4 Å². The number of nitrogens with zero attached hydrogens (tertiary/aromatic N) is 3. The number of piperidine rings is 1. The molecule has 0 saturated carbocycles. The van der Waals surface area contributed by atoms with Gasteiger partial charge < -0.3 is 19.3 Å². The fourth-order valence-corrected chi connectivity index (χ4v) is 7.78. The van der Waals surface area contributed by atoms with Crippen molar-refractivity contribution in [2.45, 2.75) is 84.6 Å². The predicted octanol–water partition coefficient (Wildman–Crippen LogP) is 6.92. The Morgan fingerprint density at radius 3 is 2.40 bits per heavy atom. The van der Waals surface area contributed by atoms with Crippen LogP contribution in [0.25, 0.3) is 0 Å². The van der Waals surface area contributed by atoms with E-state index in [2.05, 4.69) is 101 Å². The lowest BCUT2D eigenvalue weighted by atomic mass is 9.72. The molecule has 1 fully saturated rings. The molecule has 1 saturated heterocycles. The second kappa shape index (κ2) is 13.3. The van der Waals surface area contributed by atoms with E-state index >= 15 is 0 Å². The third-order valence-electron chi connectivity index (χ3n) is 10.0. The van der Waals surface area contributed by atoms with Crippen LogP contribution in [0.15, 0.2) is 58.9 Å². The minimum absolute atomic E-state index is 0.229. The number of fused-ring (bicyclic) bond motifs is 1. The molecule has 0 bridgehead atoms. The van der Waals surface area contributed by atoms with E-state index in [-0.39, 0.29) is 16.9 Å². The molecule has 1 unspecified atom stereocenters. The van der Waals surface area contributed by atoms with Gasteiger partial charge in [0.05, 0.1) is 19.8 Å². The van der Waals surface area contributed by atoms with E-state index in [0.717, 1.165) is 61.5 Å². The van der Waals surface area contributed by atoms with Gasteiger partial charge in [0.2, 0.25) is 5.91 Å². The molecule has 1 atom stereocenters. The van der Waals surface area contributed by atoms with Crippen molar-refractivity contribution in [3.8, 4) is 11.5 Å². The fraction of sp³-hybridized carbons (Fsp3) is 0.595. The van der Waals surface area contributed by atoms with E-state index in [1.54, 1.807) is 14.2 Å². The molecule has 2 heterocycles. The number of hydrogen-bond donors (Lipinski definition) is 0. The topological polar surface area (TPSA) is 45.3 Å². The summed E-state index contributed by atoms with van der Waals surface area (Å²) in [6, 6.07) is 4.06. The predicted molar refractivity (Wildman–Crippen MR) is 178 cm³/mol. The van der Waals surface area contributed by atoms with Gasteiger partial charge in [-0.25, -0.2) is 0 Å². The van der Waals surface area contributed by atoms with Gasteiger partial charge in [0.1, 0.15) is 11.5 Å². The van der Waals surface area contributed by atoms with Crippen molar-refractivity contribution in [2.24, 2.45) is 5.92 Å². The van der Waals surface area contributed by atoms with Crippen molar-refractivity contribution in [3.63, 3.8) is 0 Å². The van der Waals surface area contributed by atoms with Crippen LogP contribution >= 0.6 is 0 Å². The Labute approximate surface area is 261 Å². The van der Waals surface area contributed by atoms with Gasteiger partial charge in [-0.3, -0.25) is 9.69 Å². The molecule has 43 heavy (non-hydrogen) atoms. The van der Waals surface area contributed by atoms with Crippen molar-refractivity contribution in [1.82, 2.24) is 14.7 Å². The molecule has 4 rings (SSSR count). The van der Waals surface area contributed by atoms with Gasteiger partial charge in [-0.2, -0.15) is 0 Å². The molecule has 0 radical (unpaired) electrons. The Morgan fingerprint density at radius 2 is 1.81 bits per heavy atom. The third-order valence-corrected chi connectivity index (χ3v) is 10.0. The molecule has 1 aromatic rings. The fourth-order valence-electron chi connectivity index (χ4n) is 7.78. The number of rotatable bonds is 7. The van der Waals surface area contributed by atoms with Crippen molar-refractivity contribution in [2.75, 3.05) is 54.5 Å². The van der Waals surface area contributed by atoms with Crippen LogP contribution < -0.4 is 9.47 Å². The molecular formula is C37H55N3O3. The minimum atomic E-state index is -0.291. The average Bonchev–Trinajstić information content (AvgIpc) is 2.98. The lowest BCUT2D eigenvalue weighted by Gasteiger charge is -2.51. The third kappa shape index (κ3) is 6.60. The van der Waals surface area contributed by atoms with E-state index < -0.39 is 0 Å². The maximum atomic E-state index is 14.0. The summed E-state index contributed by atoms with van der Waals surface area (Å²) in [7, 11) is 7.73. The molecule has 0 aromatic heterocycles. The zero-order valence-electron chi connectivity index (χ0n) is 28.5. The molecule has 6 nitrogen and oxygen atoms in total. The van der Waals surface area contributed by atoms with Crippen molar-refractivity contribution < 1.29 is 14.3 Å². The summed E-state index contributed by atoms with van der Waals surface area (Å²) < 4.78 is 11.5. The van der Waals surface area contributed by atoms with Gasteiger partial charge in [-0.15, -0.1) is 0 Å². The van der Waals surface area contributed by atoms with Gasteiger partial charge in [-0.1, -0.05) is 50.6 Å². The number of methoxy groups -OCH3 is 2. The Hall–Kier alpha value is -2.99. The van der Waals surface area contributed by atoms with Crippen LogP contribution in [-0.2, 0) is 16.6 Å². The van der Waals surface area contributed by atoms with Crippen LogP contribution in [-0.4, -0.2) is 80.6 Å². The maximum absolute atomic E-state index is 14.0. The number of likely N-dealkylation sites (N-methyl/N-ethyl adjacent to an activating group) is 1. The van der Waals surface area contributed by atoms with Crippen LogP contribution in [0.4, 0.5) is 0 Å². The number of ether oxygens (including phenoxy) is 2. The SMILES string of the molecule is C/C=C(/CN1CCC2(CC1)/C(C)=C/C(C)(C)c1c(cc(OC)cc1OC)CCC(=O)N2CC)C1=C(N(C)C)CC(C)C=C1. The average molecular weight is 590 g/mol. The van der Waals surface area contributed by atoms with Gasteiger partial charge in [0.25, 0.3) is 0 Å². The second-order valence-electron chi connectivity index (χ2n) is 13.5. The lowest BCUT2D eigenvalue weighted by molar-refractivity contribution is -0.137. The van der Waals surface area contributed by atoms with Gasteiger partial charge in [0, 0.05) is 69.4 Å². The standard InChI is InChI=1S/C37H55N3O3/c1-11-28(31-15-13-26(3)21-32(31)38(7)8)25-39-19-17-37(18-20-39)27(4)24-36(5,6)35-29(14-16-34(41)40(37)12-2)22-30(42-9)23-33(35)43-10/h11,13,15,22-24,26H,12,14,16-21,25H2,1-10H3/b27-24+,28-11-. The summed E-state index contributed by atoms with van der Waals surface area (Å²) in [5.74, 6) is 2.38.